The number of carbonyl (C=O) groups is 1. The molecule has 1 heterocycles. The number of hydrogen-bond acceptors (Lipinski definition) is 4. The molecule has 2 rings (SSSR count). The molecule has 0 aliphatic rings. The molecule has 0 spiro atoms. The van der Waals surface area contributed by atoms with E-state index >= 15 is 0 Å². The Kier molecular flexibility index (Phi) is 3.64. The van der Waals surface area contributed by atoms with Gasteiger partial charge in [0.2, 0.25) is 5.95 Å². The number of nitrogens with zero attached hydrogens (tertiary/aromatic N) is 2. The van der Waals surface area contributed by atoms with Gasteiger partial charge in [-0.25, -0.2) is 9.97 Å². The summed E-state index contributed by atoms with van der Waals surface area (Å²) in [4.78, 5) is 19.8. The number of para-hydroxylation sites is 1. The van der Waals surface area contributed by atoms with Crippen LogP contribution in [0.15, 0.2) is 30.5 Å². The van der Waals surface area contributed by atoms with Crippen LogP contribution in [0.25, 0.3) is 10.9 Å². The number of anilines is 1. The Balaban J connectivity index is 2.15. The van der Waals surface area contributed by atoms with Crippen LogP contribution in [0.2, 0.25) is 0 Å². The van der Waals surface area contributed by atoms with Gasteiger partial charge in [-0.05, 0) is 19.4 Å². The van der Waals surface area contributed by atoms with Crippen LogP contribution in [-0.4, -0.2) is 27.6 Å². The van der Waals surface area contributed by atoms with Crippen LogP contribution in [0, 0.1) is 5.41 Å². The highest BCUT2D eigenvalue weighted by atomic mass is 16.4. The van der Waals surface area contributed by atoms with Crippen molar-refractivity contribution in [2.24, 2.45) is 5.41 Å². The van der Waals surface area contributed by atoms with E-state index in [0.29, 0.717) is 18.9 Å². The second kappa shape index (κ2) is 5.22. The van der Waals surface area contributed by atoms with E-state index in [9.17, 15) is 9.90 Å². The lowest BCUT2D eigenvalue weighted by Gasteiger charge is -2.23. The van der Waals surface area contributed by atoms with Gasteiger partial charge in [0.05, 0.1) is 10.9 Å². The molecular weight excluding hydrogens is 242 g/mol. The lowest BCUT2D eigenvalue weighted by Crippen LogP contribution is -2.34. The first-order chi connectivity index (χ1) is 9.05. The molecule has 1 unspecified atom stereocenters. The van der Waals surface area contributed by atoms with Crippen molar-refractivity contribution in [1.82, 2.24) is 9.97 Å². The van der Waals surface area contributed by atoms with Crippen LogP contribution in [0.5, 0.6) is 0 Å². The Hall–Kier alpha value is -2.17. The molecule has 0 aliphatic heterocycles. The molecule has 0 saturated heterocycles. The first-order valence-corrected chi connectivity index (χ1v) is 6.24. The van der Waals surface area contributed by atoms with Crippen LogP contribution < -0.4 is 5.32 Å². The summed E-state index contributed by atoms with van der Waals surface area (Å²) in [6, 6.07) is 7.68. The maximum absolute atomic E-state index is 11.2. The minimum absolute atomic E-state index is 0.303. The average Bonchev–Trinajstić information content (AvgIpc) is 2.44. The normalized spacial score (nSPS) is 14.0. The van der Waals surface area contributed by atoms with E-state index in [0.717, 1.165) is 10.9 Å². The lowest BCUT2D eigenvalue weighted by atomic mass is 9.88. The number of hydrogen-bond donors (Lipinski definition) is 2. The van der Waals surface area contributed by atoms with Crippen molar-refractivity contribution in [2.75, 3.05) is 11.9 Å². The smallest absolute Gasteiger partial charge is 0.311 e. The fourth-order valence-corrected chi connectivity index (χ4v) is 1.68. The summed E-state index contributed by atoms with van der Waals surface area (Å²) in [5.41, 5.74) is 0.0307. The Morgan fingerprint density at radius 2 is 2.16 bits per heavy atom. The van der Waals surface area contributed by atoms with Crippen molar-refractivity contribution in [1.29, 1.82) is 0 Å². The highest BCUT2D eigenvalue weighted by Gasteiger charge is 2.30. The van der Waals surface area contributed by atoms with E-state index in [1.54, 1.807) is 13.1 Å². The average molecular weight is 259 g/mol. The largest absolute Gasteiger partial charge is 0.481 e. The number of benzene rings is 1. The van der Waals surface area contributed by atoms with Gasteiger partial charge in [-0.2, -0.15) is 0 Å². The Morgan fingerprint density at radius 1 is 1.42 bits per heavy atom. The van der Waals surface area contributed by atoms with Crippen molar-refractivity contribution >= 4 is 22.8 Å². The van der Waals surface area contributed by atoms with Gasteiger partial charge in [0.15, 0.2) is 0 Å². The Bertz CT molecular complexity index is 600. The maximum atomic E-state index is 11.2. The van der Waals surface area contributed by atoms with Crippen molar-refractivity contribution in [2.45, 2.75) is 20.3 Å². The van der Waals surface area contributed by atoms with Gasteiger partial charge in [0, 0.05) is 18.1 Å². The molecule has 1 aromatic carbocycles. The second-order valence-electron chi connectivity index (χ2n) is 4.83. The minimum atomic E-state index is -0.816. The molecule has 0 bridgehead atoms. The molecule has 0 saturated carbocycles. The summed E-state index contributed by atoms with van der Waals surface area (Å²) < 4.78 is 0. The summed E-state index contributed by atoms with van der Waals surface area (Å²) >= 11 is 0. The third-order valence-electron chi connectivity index (χ3n) is 3.42. The molecular formula is C14H17N3O2. The standard InChI is InChI=1S/C14H17N3O2/c1-3-14(2,12(18)19)9-16-13-15-8-10-6-4-5-7-11(10)17-13/h4-8H,3,9H2,1-2H3,(H,18,19)(H,15,16,17). The molecule has 5 heteroatoms. The van der Waals surface area contributed by atoms with Crippen molar-refractivity contribution < 1.29 is 9.90 Å². The van der Waals surface area contributed by atoms with Gasteiger partial charge in [0.1, 0.15) is 0 Å². The first-order valence-electron chi connectivity index (χ1n) is 6.24. The van der Waals surface area contributed by atoms with E-state index in [2.05, 4.69) is 15.3 Å². The highest BCUT2D eigenvalue weighted by molar-refractivity contribution is 5.78. The topological polar surface area (TPSA) is 75.1 Å². The van der Waals surface area contributed by atoms with Crippen LogP contribution in [-0.2, 0) is 4.79 Å². The predicted octanol–water partition coefficient (Wildman–Crippen LogP) is 2.54. The summed E-state index contributed by atoms with van der Waals surface area (Å²) in [6.07, 6.45) is 2.28. The summed E-state index contributed by atoms with van der Waals surface area (Å²) in [7, 11) is 0. The summed E-state index contributed by atoms with van der Waals surface area (Å²) in [6.45, 7) is 3.87. The number of nitrogens with one attached hydrogen (secondary N) is 1. The van der Waals surface area contributed by atoms with E-state index in [-0.39, 0.29) is 0 Å². The Labute approximate surface area is 111 Å². The monoisotopic (exact) mass is 259 g/mol. The van der Waals surface area contributed by atoms with E-state index < -0.39 is 11.4 Å². The molecule has 0 radical (unpaired) electrons. The van der Waals surface area contributed by atoms with E-state index in [1.165, 1.54) is 0 Å². The molecule has 19 heavy (non-hydrogen) atoms. The number of carboxylic acids is 1. The highest BCUT2D eigenvalue weighted by Crippen LogP contribution is 2.21. The van der Waals surface area contributed by atoms with Crippen molar-refractivity contribution in [3.63, 3.8) is 0 Å². The van der Waals surface area contributed by atoms with Gasteiger partial charge in [0.25, 0.3) is 0 Å². The van der Waals surface area contributed by atoms with Crippen LogP contribution in [0.1, 0.15) is 20.3 Å². The molecule has 1 atom stereocenters. The van der Waals surface area contributed by atoms with Gasteiger partial charge >= 0.3 is 5.97 Å². The van der Waals surface area contributed by atoms with Gasteiger partial charge in [-0.1, -0.05) is 25.1 Å². The number of fused-ring (bicyclic) bond motifs is 1. The minimum Gasteiger partial charge on any atom is -0.481 e. The zero-order valence-electron chi connectivity index (χ0n) is 11.1. The number of aliphatic carboxylic acids is 1. The molecule has 0 fully saturated rings. The van der Waals surface area contributed by atoms with Crippen molar-refractivity contribution in [3.05, 3.63) is 30.5 Å². The Morgan fingerprint density at radius 3 is 2.84 bits per heavy atom. The summed E-state index contributed by atoms with van der Waals surface area (Å²) in [5.74, 6) is -0.358. The molecule has 1 aromatic heterocycles. The zero-order chi connectivity index (χ0) is 13.9. The molecule has 0 amide bonds. The first kappa shape index (κ1) is 13.3. The van der Waals surface area contributed by atoms with E-state index in [4.69, 9.17) is 0 Å². The van der Waals surface area contributed by atoms with Gasteiger partial charge in [-0.15, -0.1) is 0 Å². The van der Waals surface area contributed by atoms with Gasteiger partial charge in [-0.3, -0.25) is 4.79 Å². The molecule has 100 valence electrons. The van der Waals surface area contributed by atoms with E-state index in [1.807, 2.05) is 31.2 Å². The predicted molar refractivity (Wildman–Crippen MR) is 74.1 cm³/mol. The molecule has 2 aromatic rings. The lowest BCUT2D eigenvalue weighted by molar-refractivity contribution is -0.147. The van der Waals surface area contributed by atoms with Crippen LogP contribution >= 0.6 is 0 Å². The second-order valence-corrected chi connectivity index (χ2v) is 4.83. The van der Waals surface area contributed by atoms with Crippen LogP contribution in [0.4, 0.5) is 5.95 Å². The third-order valence-corrected chi connectivity index (χ3v) is 3.42. The third kappa shape index (κ3) is 2.81. The molecule has 2 N–H and O–H groups in total. The number of carboxylic acid groups (broad SMARTS) is 1. The SMILES string of the molecule is CCC(C)(CNc1ncc2ccccc2n1)C(=O)O. The number of rotatable bonds is 5. The fourth-order valence-electron chi connectivity index (χ4n) is 1.68. The maximum Gasteiger partial charge on any atom is 0.311 e. The molecule has 5 nitrogen and oxygen atoms in total. The van der Waals surface area contributed by atoms with Crippen molar-refractivity contribution in [3.8, 4) is 0 Å². The zero-order valence-corrected chi connectivity index (χ0v) is 11.1. The molecule has 0 aliphatic carbocycles. The quantitative estimate of drug-likeness (QED) is 0.863. The fraction of sp³-hybridized carbons (Fsp3) is 0.357. The van der Waals surface area contributed by atoms with Gasteiger partial charge < -0.3 is 10.4 Å². The van der Waals surface area contributed by atoms with Crippen LogP contribution in [0.3, 0.4) is 0 Å². The number of aromatic nitrogens is 2. The summed E-state index contributed by atoms with van der Waals surface area (Å²) in [5, 5.41) is 13.2.